The Morgan fingerprint density at radius 2 is 1.88 bits per heavy atom. The van der Waals surface area contributed by atoms with Crippen LogP contribution in [0.2, 0.25) is 0 Å². The molecule has 26 heavy (non-hydrogen) atoms. The second-order valence-electron chi connectivity index (χ2n) is 5.42. The first kappa shape index (κ1) is 20.5. The van der Waals surface area contributed by atoms with Crippen molar-refractivity contribution in [2.24, 2.45) is 0 Å². The number of likely N-dealkylation sites (N-methyl/N-ethyl adjacent to an activating group) is 1. The van der Waals surface area contributed by atoms with Gasteiger partial charge in [-0.25, -0.2) is 8.42 Å². The number of aliphatic hydroxyl groups is 1. The molecule has 0 aromatic heterocycles. The van der Waals surface area contributed by atoms with Gasteiger partial charge in [-0.1, -0.05) is 22.0 Å². The predicted octanol–water partition coefficient (Wildman–Crippen LogP) is 2.53. The molecule has 2 rings (SSSR count). The number of hydrogen-bond acceptors (Lipinski definition) is 6. The summed E-state index contributed by atoms with van der Waals surface area (Å²) in [6.45, 7) is -0.475. The third-order valence-corrected chi connectivity index (χ3v) is 6.65. The van der Waals surface area contributed by atoms with Crippen LogP contribution in [0.15, 0.2) is 45.8 Å². The van der Waals surface area contributed by atoms with Crippen LogP contribution < -0.4 is 9.47 Å². The lowest BCUT2D eigenvalue weighted by atomic mass is 10.1. The van der Waals surface area contributed by atoms with Gasteiger partial charge < -0.3 is 19.7 Å². The molecule has 2 N–H and O–H groups in total. The van der Waals surface area contributed by atoms with E-state index in [1.807, 2.05) is 0 Å². The highest BCUT2D eigenvalue weighted by Gasteiger charge is 2.34. The first-order chi connectivity index (χ1) is 12.3. The van der Waals surface area contributed by atoms with Crippen LogP contribution in [0.5, 0.6) is 17.2 Å². The van der Waals surface area contributed by atoms with E-state index in [9.17, 15) is 18.6 Å². The Labute approximate surface area is 161 Å². The molecule has 0 heterocycles. The maximum atomic E-state index is 13.1. The molecule has 0 bridgehead atoms. The Kier molecular flexibility index (Phi) is 6.51. The Morgan fingerprint density at radius 3 is 2.46 bits per heavy atom. The van der Waals surface area contributed by atoms with E-state index in [1.54, 1.807) is 18.2 Å². The monoisotopic (exact) mass is 445 g/mol. The highest BCUT2D eigenvalue weighted by Crippen LogP contribution is 2.38. The molecule has 0 spiro atoms. The van der Waals surface area contributed by atoms with Crippen molar-refractivity contribution in [1.82, 2.24) is 4.31 Å². The van der Waals surface area contributed by atoms with E-state index in [0.717, 1.165) is 4.31 Å². The van der Waals surface area contributed by atoms with Crippen LogP contribution in [0.25, 0.3) is 0 Å². The van der Waals surface area contributed by atoms with Gasteiger partial charge in [-0.05, 0) is 35.9 Å². The van der Waals surface area contributed by atoms with Gasteiger partial charge in [-0.3, -0.25) is 0 Å². The average Bonchev–Trinajstić information content (AvgIpc) is 2.63. The molecule has 1 atom stereocenters. The summed E-state index contributed by atoms with van der Waals surface area (Å²) >= 11 is 3.37. The van der Waals surface area contributed by atoms with Crippen LogP contribution in [0.4, 0.5) is 0 Å². The van der Waals surface area contributed by atoms with E-state index < -0.39 is 28.4 Å². The Morgan fingerprint density at radius 1 is 1.19 bits per heavy atom. The fraction of sp³-hybridized carbons (Fsp3) is 0.294. The fourth-order valence-electron chi connectivity index (χ4n) is 2.55. The van der Waals surface area contributed by atoms with Gasteiger partial charge in [0.25, 0.3) is 10.0 Å². The molecular weight excluding hydrogens is 426 g/mol. The molecule has 2 aromatic rings. The number of hydrogen-bond donors (Lipinski definition) is 2. The van der Waals surface area contributed by atoms with E-state index >= 15 is 0 Å². The van der Waals surface area contributed by atoms with E-state index in [-0.39, 0.29) is 10.6 Å². The molecule has 142 valence electrons. The number of halogens is 1. The minimum Gasteiger partial charge on any atom is -0.506 e. The number of sulfonamides is 1. The Balaban J connectivity index is 2.57. The fourth-order valence-corrected chi connectivity index (χ4v) is 4.60. The normalized spacial score (nSPS) is 12.8. The quantitative estimate of drug-likeness (QED) is 0.679. The van der Waals surface area contributed by atoms with Crippen molar-refractivity contribution < 1.29 is 28.1 Å². The number of aromatic hydroxyl groups is 1. The molecule has 0 aliphatic rings. The SMILES string of the molecule is COc1ccc(Br)c(C(CO)N(C)S(=O)(=O)c2c(O)cccc2OC)c1. The molecule has 0 amide bonds. The van der Waals surface area contributed by atoms with E-state index in [0.29, 0.717) is 15.8 Å². The number of benzene rings is 2. The third-order valence-electron chi connectivity index (χ3n) is 3.99. The lowest BCUT2D eigenvalue weighted by Crippen LogP contribution is -2.33. The number of aliphatic hydroxyl groups excluding tert-OH is 1. The van der Waals surface area contributed by atoms with Crippen LogP contribution in [-0.2, 0) is 10.0 Å². The topological polar surface area (TPSA) is 96.3 Å². The summed E-state index contributed by atoms with van der Waals surface area (Å²) in [7, 11) is -0.0343. The van der Waals surface area contributed by atoms with Gasteiger partial charge in [0.1, 0.15) is 17.2 Å². The smallest absolute Gasteiger partial charge is 0.250 e. The van der Waals surface area contributed by atoms with Gasteiger partial charge >= 0.3 is 0 Å². The summed E-state index contributed by atoms with van der Waals surface area (Å²) in [5.74, 6) is 0.100. The lowest BCUT2D eigenvalue weighted by molar-refractivity contribution is 0.203. The summed E-state index contributed by atoms with van der Waals surface area (Å²) in [5.41, 5.74) is 0.521. The van der Waals surface area contributed by atoms with Gasteiger partial charge in [0.05, 0.1) is 26.9 Å². The second kappa shape index (κ2) is 8.26. The number of nitrogens with zero attached hydrogens (tertiary/aromatic N) is 1. The largest absolute Gasteiger partial charge is 0.506 e. The molecule has 0 aliphatic heterocycles. The summed E-state index contributed by atoms with van der Waals surface area (Å²) < 4.78 is 38.1. The van der Waals surface area contributed by atoms with Crippen LogP contribution in [0.3, 0.4) is 0 Å². The van der Waals surface area contributed by atoms with E-state index in [2.05, 4.69) is 15.9 Å². The molecule has 2 aromatic carbocycles. The van der Waals surface area contributed by atoms with Gasteiger partial charge in [-0.2, -0.15) is 4.31 Å². The molecule has 0 saturated carbocycles. The number of methoxy groups -OCH3 is 2. The number of ether oxygens (including phenoxy) is 2. The zero-order valence-corrected chi connectivity index (χ0v) is 16.9. The highest BCUT2D eigenvalue weighted by molar-refractivity contribution is 9.10. The number of phenolic OH excluding ortho intramolecular Hbond substituents is 1. The Hall–Kier alpha value is -1.81. The van der Waals surface area contributed by atoms with E-state index in [1.165, 1.54) is 39.5 Å². The average molecular weight is 446 g/mol. The zero-order chi connectivity index (χ0) is 19.5. The van der Waals surface area contributed by atoms with Gasteiger partial charge in [0.2, 0.25) is 0 Å². The maximum absolute atomic E-state index is 13.1. The molecular formula is C17H20BrNO6S. The third kappa shape index (κ3) is 3.80. The highest BCUT2D eigenvalue weighted by atomic mass is 79.9. The van der Waals surface area contributed by atoms with Gasteiger partial charge in [-0.15, -0.1) is 0 Å². The van der Waals surface area contributed by atoms with Crippen molar-refractivity contribution in [2.45, 2.75) is 10.9 Å². The van der Waals surface area contributed by atoms with Gasteiger partial charge in [0.15, 0.2) is 4.90 Å². The standard InChI is InChI=1S/C17H20BrNO6S/c1-19(14(10-20)12-9-11(24-2)7-8-13(12)18)26(22,23)17-15(21)5-4-6-16(17)25-3/h4-9,14,20-21H,10H2,1-3H3. The zero-order valence-electron chi connectivity index (χ0n) is 14.5. The molecule has 9 heteroatoms. The Bertz CT molecular complexity index is 887. The van der Waals surface area contributed by atoms with Crippen LogP contribution in [-0.4, -0.2) is 50.8 Å². The van der Waals surface area contributed by atoms with Crippen molar-refractivity contribution in [3.63, 3.8) is 0 Å². The first-order valence-electron chi connectivity index (χ1n) is 7.56. The summed E-state index contributed by atoms with van der Waals surface area (Å²) in [6, 6.07) is 8.33. The summed E-state index contributed by atoms with van der Waals surface area (Å²) in [4.78, 5) is -0.359. The van der Waals surface area contributed by atoms with Gasteiger partial charge in [0, 0.05) is 11.5 Å². The first-order valence-corrected chi connectivity index (χ1v) is 9.79. The van der Waals surface area contributed by atoms with Crippen LogP contribution in [0.1, 0.15) is 11.6 Å². The van der Waals surface area contributed by atoms with Crippen molar-refractivity contribution >= 4 is 26.0 Å². The number of rotatable bonds is 7. The molecule has 0 aliphatic carbocycles. The molecule has 7 nitrogen and oxygen atoms in total. The second-order valence-corrected chi connectivity index (χ2v) is 8.20. The van der Waals surface area contributed by atoms with Crippen LogP contribution >= 0.6 is 15.9 Å². The van der Waals surface area contributed by atoms with Crippen LogP contribution in [0, 0.1) is 0 Å². The van der Waals surface area contributed by atoms with Crippen molar-refractivity contribution in [1.29, 1.82) is 0 Å². The summed E-state index contributed by atoms with van der Waals surface area (Å²) in [5, 5.41) is 20.0. The predicted molar refractivity (Wildman–Crippen MR) is 100 cm³/mol. The molecule has 0 fully saturated rings. The minimum absolute atomic E-state index is 0.0123. The van der Waals surface area contributed by atoms with Crippen molar-refractivity contribution in [3.05, 3.63) is 46.4 Å². The maximum Gasteiger partial charge on any atom is 0.250 e. The molecule has 0 saturated heterocycles. The summed E-state index contributed by atoms with van der Waals surface area (Å²) in [6.07, 6.45) is 0. The minimum atomic E-state index is -4.17. The van der Waals surface area contributed by atoms with Crippen molar-refractivity contribution in [2.75, 3.05) is 27.9 Å². The molecule has 0 radical (unpaired) electrons. The molecule has 1 unspecified atom stereocenters. The van der Waals surface area contributed by atoms with E-state index in [4.69, 9.17) is 9.47 Å². The van der Waals surface area contributed by atoms with Crippen molar-refractivity contribution in [3.8, 4) is 17.2 Å². The number of phenols is 1. The lowest BCUT2D eigenvalue weighted by Gasteiger charge is -2.28.